The minimum atomic E-state index is -2.08. The van der Waals surface area contributed by atoms with Gasteiger partial charge in [-0.25, -0.2) is 4.98 Å². The molecule has 1 unspecified atom stereocenters. The van der Waals surface area contributed by atoms with Crippen molar-refractivity contribution in [2.24, 2.45) is 0 Å². The van der Waals surface area contributed by atoms with Crippen LogP contribution in [0.5, 0.6) is 0 Å². The first-order valence-corrected chi connectivity index (χ1v) is 10.2. The van der Waals surface area contributed by atoms with Crippen LogP contribution in [0.25, 0.3) is 0 Å². The van der Waals surface area contributed by atoms with Crippen LogP contribution in [0.3, 0.4) is 0 Å². The van der Waals surface area contributed by atoms with Crippen LogP contribution >= 0.6 is 0 Å². The minimum Gasteiger partial charge on any atom is -0.469 e. The average Bonchev–Trinajstić information content (AvgIpc) is 2.90. The van der Waals surface area contributed by atoms with Crippen LogP contribution in [0.2, 0.25) is 18.1 Å². The summed E-state index contributed by atoms with van der Waals surface area (Å²) in [6, 6.07) is 0. The fourth-order valence-electron chi connectivity index (χ4n) is 1.72. The number of methoxy groups -OCH3 is 1. The van der Waals surface area contributed by atoms with Gasteiger partial charge in [0.1, 0.15) is 6.33 Å². The van der Waals surface area contributed by atoms with Crippen molar-refractivity contribution in [3.05, 3.63) is 18.7 Å². The summed E-state index contributed by atoms with van der Waals surface area (Å²) in [4.78, 5) is 27.7. The average molecular weight is 326 g/mol. The standard InChI is InChI=1S/C15H26N2O4Si/c1-15(2,3)22(5,6)21-12(10-14(19)20-4)9-13(18)17-8-7-16-11-17/h7-8,11-12H,9-10H2,1-6H3. The van der Waals surface area contributed by atoms with Crippen molar-refractivity contribution in [3.8, 4) is 0 Å². The second-order valence-corrected chi connectivity index (χ2v) is 11.6. The molecule has 6 nitrogen and oxygen atoms in total. The highest BCUT2D eigenvalue weighted by molar-refractivity contribution is 6.74. The molecule has 22 heavy (non-hydrogen) atoms. The van der Waals surface area contributed by atoms with Crippen molar-refractivity contribution >= 4 is 20.2 Å². The molecule has 0 saturated heterocycles. The lowest BCUT2D eigenvalue weighted by Crippen LogP contribution is -2.45. The molecule has 0 aromatic carbocycles. The SMILES string of the molecule is COC(=O)CC(CC(=O)n1ccnc1)O[Si](C)(C)C(C)(C)C. The number of ether oxygens (including phenoxy) is 1. The van der Waals surface area contributed by atoms with Crippen LogP contribution in [0.1, 0.15) is 38.4 Å². The Morgan fingerprint density at radius 1 is 1.27 bits per heavy atom. The van der Waals surface area contributed by atoms with E-state index in [1.165, 1.54) is 18.0 Å². The molecule has 1 aromatic heterocycles. The molecule has 0 spiro atoms. The van der Waals surface area contributed by atoms with Crippen molar-refractivity contribution in [1.82, 2.24) is 9.55 Å². The molecular weight excluding hydrogens is 300 g/mol. The number of carbonyl (C=O) groups excluding carboxylic acids is 2. The summed E-state index contributed by atoms with van der Waals surface area (Å²) < 4.78 is 12.3. The Balaban J connectivity index is 2.84. The predicted octanol–water partition coefficient (Wildman–Crippen LogP) is 2.87. The lowest BCUT2D eigenvalue weighted by atomic mass is 10.2. The molecule has 0 bridgehead atoms. The van der Waals surface area contributed by atoms with Gasteiger partial charge < -0.3 is 9.16 Å². The van der Waals surface area contributed by atoms with Crippen LogP contribution in [0.4, 0.5) is 0 Å². The molecule has 1 heterocycles. The number of carbonyl (C=O) groups is 2. The number of esters is 1. The molecule has 1 atom stereocenters. The minimum absolute atomic E-state index is 0.000573. The Hall–Kier alpha value is -1.47. The van der Waals surface area contributed by atoms with Gasteiger partial charge in [0.05, 0.1) is 26.1 Å². The van der Waals surface area contributed by atoms with Crippen molar-refractivity contribution in [2.75, 3.05) is 7.11 Å². The largest absolute Gasteiger partial charge is 0.469 e. The molecule has 0 radical (unpaired) electrons. The first-order chi connectivity index (χ1) is 10.1. The third-order valence-electron chi connectivity index (χ3n) is 4.08. The molecule has 0 aliphatic rings. The summed E-state index contributed by atoms with van der Waals surface area (Å²) in [6.45, 7) is 10.5. The van der Waals surface area contributed by atoms with Gasteiger partial charge in [0, 0.05) is 12.4 Å². The Bertz CT molecular complexity index is 506. The fraction of sp³-hybridized carbons (Fsp3) is 0.667. The quantitative estimate of drug-likeness (QED) is 0.594. The summed E-state index contributed by atoms with van der Waals surface area (Å²) in [5.74, 6) is -0.521. The molecule has 0 fully saturated rings. The highest BCUT2D eigenvalue weighted by atomic mass is 28.4. The second-order valence-electron chi connectivity index (χ2n) is 6.85. The summed E-state index contributed by atoms with van der Waals surface area (Å²) in [7, 11) is -0.747. The number of aromatic nitrogens is 2. The summed E-state index contributed by atoms with van der Waals surface area (Å²) in [5.41, 5.74) is 0. The molecule has 0 N–H and O–H groups in total. The van der Waals surface area contributed by atoms with Gasteiger partial charge in [0.25, 0.3) is 0 Å². The van der Waals surface area contributed by atoms with Crippen molar-refractivity contribution in [2.45, 2.75) is 57.8 Å². The van der Waals surface area contributed by atoms with E-state index in [0.717, 1.165) is 0 Å². The third-order valence-corrected chi connectivity index (χ3v) is 8.62. The maximum Gasteiger partial charge on any atom is 0.308 e. The molecule has 0 aliphatic heterocycles. The van der Waals surface area contributed by atoms with Gasteiger partial charge in [-0.05, 0) is 18.1 Å². The monoisotopic (exact) mass is 326 g/mol. The molecule has 124 valence electrons. The third kappa shape index (κ3) is 5.06. The van der Waals surface area contributed by atoms with Crippen LogP contribution in [-0.4, -0.2) is 43.0 Å². The summed E-state index contributed by atoms with van der Waals surface area (Å²) in [6.07, 6.45) is 4.29. The molecule has 0 amide bonds. The lowest BCUT2D eigenvalue weighted by Gasteiger charge is -2.39. The predicted molar refractivity (Wildman–Crippen MR) is 86.2 cm³/mol. The smallest absolute Gasteiger partial charge is 0.308 e. The van der Waals surface area contributed by atoms with Gasteiger partial charge in [-0.15, -0.1) is 0 Å². The van der Waals surface area contributed by atoms with Crippen molar-refractivity contribution < 1.29 is 18.8 Å². The molecule has 0 aliphatic carbocycles. The highest BCUT2D eigenvalue weighted by Gasteiger charge is 2.40. The molecule has 7 heteroatoms. The number of hydrogen-bond acceptors (Lipinski definition) is 5. The van der Waals surface area contributed by atoms with Gasteiger partial charge in [-0.3, -0.25) is 14.2 Å². The fourth-order valence-corrected chi connectivity index (χ4v) is 3.08. The molecule has 1 aromatic rings. The first-order valence-electron chi connectivity index (χ1n) is 7.32. The van der Waals surface area contributed by atoms with Gasteiger partial charge >= 0.3 is 5.97 Å². The summed E-state index contributed by atoms with van der Waals surface area (Å²) in [5, 5.41) is -0.000573. The Labute approximate surface area is 133 Å². The topological polar surface area (TPSA) is 70.4 Å². The zero-order valence-electron chi connectivity index (χ0n) is 14.3. The van der Waals surface area contributed by atoms with Gasteiger partial charge in [-0.2, -0.15) is 0 Å². The van der Waals surface area contributed by atoms with E-state index in [1.807, 2.05) is 0 Å². The second kappa shape index (κ2) is 7.19. The highest BCUT2D eigenvalue weighted by Crippen LogP contribution is 2.38. The van der Waals surface area contributed by atoms with Gasteiger partial charge in [0.15, 0.2) is 8.32 Å². The Morgan fingerprint density at radius 3 is 2.36 bits per heavy atom. The van der Waals surface area contributed by atoms with Crippen molar-refractivity contribution in [3.63, 3.8) is 0 Å². The van der Waals surface area contributed by atoms with Crippen molar-refractivity contribution in [1.29, 1.82) is 0 Å². The van der Waals surface area contributed by atoms with E-state index in [-0.39, 0.29) is 29.8 Å². The van der Waals surface area contributed by atoms with Gasteiger partial charge in [-0.1, -0.05) is 20.8 Å². The number of imidazole rings is 1. The first kappa shape index (κ1) is 18.6. The van der Waals surface area contributed by atoms with Gasteiger partial charge in [0.2, 0.25) is 5.91 Å². The zero-order chi connectivity index (χ0) is 17.0. The Morgan fingerprint density at radius 2 is 1.91 bits per heavy atom. The lowest BCUT2D eigenvalue weighted by molar-refractivity contribution is -0.142. The molecule has 1 rings (SSSR count). The zero-order valence-corrected chi connectivity index (χ0v) is 15.3. The number of rotatable bonds is 6. The molecular formula is C15H26N2O4Si. The van der Waals surface area contributed by atoms with E-state index in [9.17, 15) is 9.59 Å². The van der Waals surface area contributed by atoms with Crippen LogP contribution in [-0.2, 0) is 14.0 Å². The number of hydrogen-bond donors (Lipinski definition) is 0. The summed E-state index contributed by atoms with van der Waals surface area (Å²) >= 11 is 0. The number of nitrogens with zero attached hydrogens (tertiary/aromatic N) is 2. The maximum absolute atomic E-state index is 12.2. The van der Waals surface area contributed by atoms with Crippen LogP contribution in [0.15, 0.2) is 18.7 Å². The van der Waals surface area contributed by atoms with E-state index < -0.39 is 14.4 Å². The van der Waals surface area contributed by atoms with E-state index in [2.05, 4.69) is 38.8 Å². The maximum atomic E-state index is 12.2. The van der Waals surface area contributed by atoms with E-state index in [4.69, 9.17) is 9.16 Å². The van der Waals surface area contributed by atoms with Crippen LogP contribution < -0.4 is 0 Å². The van der Waals surface area contributed by atoms with E-state index in [1.54, 1.807) is 12.4 Å². The molecule has 0 saturated carbocycles. The van der Waals surface area contributed by atoms with E-state index >= 15 is 0 Å². The normalized spacial score (nSPS) is 13.7. The van der Waals surface area contributed by atoms with E-state index in [0.29, 0.717) is 0 Å². The van der Waals surface area contributed by atoms with Crippen LogP contribution in [0, 0.1) is 0 Å². The Kier molecular flexibility index (Phi) is 6.07.